The fraction of sp³-hybridized carbons (Fsp3) is 0.200. The SMILES string of the molecule is CC[Se]c1nc2ccccc2c(=O)[nH]1. The van der Waals surface area contributed by atoms with Crippen LogP contribution in [0.25, 0.3) is 10.9 Å². The Hall–Kier alpha value is -1.12. The van der Waals surface area contributed by atoms with Gasteiger partial charge in [-0.1, -0.05) is 0 Å². The summed E-state index contributed by atoms with van der Waals surface area (Å²) in [6.45, 7) is 2.09. The molecule has 0 spiro atoms. The number of aromatic nitrogens is 2. The van der Waals surface area contributed by atoms with E-state index in [2.05, 4.69) is 16.9 Å². The Morgan fingerprint density at radius 1 is 1.43 bits per heavy atom. The van der Waals surface area contributed by atoms with Gasteiger partial charge in [-0.3, -0.25) is 0 Å². The van der Waals surface area contributed by atoms with Crippen molar-refractivity contribution < 1.29 is 0 Å². The molecule has 2 aromatic rings. The zero-order chi connectivity index (χ0) is 9.97. The van der Waals surface area contributed by atoms with Crippen LogP contribution in [0.4, 0.5) is 0 Å². The molecular formula is C10H10N2OSe. The van der Waals surface area contributed by atoms with Gasteiger partial charge in [-0.15, -0.1) is 0 Å². The molecule has 1 N–H and O–H groups in total. The summed E-state index contributed by atoms with van der Waals surface area (Å²) in [6.07, 6.45) is 0. The topological polar surface area (TPSA) is 45.8 Å². The molecule has 0 aliphatic carbocycles. The number of para-hydroxylation sites is 1. The van der Waals surface area contributed by atoms with Crippen LogP contribution in [0, 0.1) is 0 Å². The van der Waals surface area contributed by atoms with E-state index in [1.165, 1.54) is 0 Å². The van der Waals surface area contributed by atoms with E-state index in [-0.39, 0.29) is 20.5 Å². The monoisotopic (exact) mass is 254 g/mol. The molecule has 0 radical (unpaired) electrons. The Kier molecular flexibility index (Phi) is 2.66. The number of H-pyrrole nitrogens is 1. The second-order valence-electron chi connectivity index (χ2n) is 2.82. The van der Waals surface area contributed by atoms with Gasteiger partial charge in [0.05, 0.1) is 0 Å². The molecule has 0 bridgehead atoms. The van der Waals surface area contributed by atoms with Gasteiger partial charge in [0.25, 0.3) is 0 Å². The van der Waals surface area contributed by atoms with Crippen LogP contribution >= 0.6 is 0 Å². The second kappa shape index (κ2) is 3.94. The minimum absolute atomic E-state index is 0.0269. The third-order valence-electron chi connectivity index (χ3n) is 1.87. The average Bonchev–Trinajstić information content (AvgIpc) is 2.18. The van der Waals surface area contributed by atoms with E-state index < -0.39 is 0 Å². The van der Waals surface area contributed by atoms with Crippen LogP contribution in [0.2, 0.25) is 5.32 Å². The molecular weight excluding hydrogens is 243 g/mol. The van der Waals surface area contributed by atoms with Crippen LogP contribution in [0.5, 0.6) is 0 Å². The average molecular weight is 253 g/mol. The van der Waals surface area contributed by atoms with Crippen LogP contribution in [0.3, 0.4) is 0 Å². The molecule has 3 nitrogen and oxygen atoms in total. The molecule has 0 atom stereocenters. The molecule has 14 heavy (non-hydrogen) atoms. The van der Waals surface area contributed by atoms with E-state index >= 15 is 0 Å². The number of rotatable bonds is 2. The predicted octanol–water partition coefficient (Wildman–Crippen LogP) is 0.691. The first-order chi connectivity index (χ1) is 6.81. The minimum atomic E-state index is -0.0269. The quantitative estimate of drug-likeness (QED) is 0.800. The van der Waals surface area contributed by atoms with E-state index in [1.807, 2.05) is 18.2 Å². The number of aromatic amines is 1. The Morgan fingerprint density at radius 3 is 3.00 bits per heavy atom. The number of hydrogen-bond donors (Lipinski definition) is 1. The van der Waals surface area contributed by atoms with Crippen LogP contribution in [-0.2, 0) is 0 Å². The molecule has 0 saturated carbocycles. The third-order valence-corrected chi connectivity index (χ3v) is 3.46. The first-order valence-corrected chi connectivity index (χ1v) is 6.50. The predicted molar refractivity (Wildman–Crippen MR) is 58.2 cm³/mol. The van der Waals surface area contributed by atoms with Gasteiger partial charge in [-0.2, -0.15) is 0 Å². The molecule has 0 aliphatic heterocycles. The number of benzene rings is 1. The summed E-state index contributed by atoms with van der Waals surface area (Å²) >= 11 is 0.281. The Labute approximate surface area is 87.7 Å². The number of nitrogens with zero attached hydrogens (tertiary/aromatic N) is 1. The molecule has 0 aliphatic rings. The van der Waals surface area contributed by atoms with Crippen molar-refractivity contribution in [2.75, 3.05) is 0 Å². The van der Waals surface area contributed by atoms with Crippen molar-refractivity contribution in [3.63, 3.8) is 0 Å². The summed E-state index contributed by atoms with van der Waals surface area (Å²) < 4.78 is 0.837. The first-order valence-electron chi connectivity index (χ1n) is 4.43. The molecule has 1 heterocycles. The van der Waals surface area contributed by atoms with Crippen molar-refractivity contribution in [1.82, 2.24) is 9.97 Å². The molecule has 2 rings (SSSR count). The zero-order valence-corrected chi connectivity index (χ0v) is 9.49. The summed E-state index contributed by atoms with van der Waals surface area (Å²) in [4.78, 5) is 18.8. The Morgan fingerprint density at radius 2 is 2.21 bits per heavy atom. The second-order valence-corrected chi connectivity index (χ2v) is 5.45. The van der Waals surface area contributed by atoms with Crippen molar-refractivity contribution in [2.45, 2.75) is 12.2 Å². The van der Waals surface area contributed by atoms with Gasteiger partial charge in [0, 0.05) is 0 Å². The zero-order valence-electron chi connectivity index (χ0n) is 7.78. The molecule has 0 saturated heterocycles. The first kappa shape index (κ1) is 9.44. The molecule has 0 amide bonds. The van der Waals surface area contributed by atoms with Gasteiger partial charge in [0.2, 0.25) is 0 Å². The summed E-state index contributed by atoms with van der Waals surface area (Å²) in [5, 5.41) is 1.72. The maximum absolute atomic E-state index is 11.6. The van der Waals surface area contributed by atoms with Gasteiger partial charge in [0.15, 0.2) is 0 Å². The van der Waals surface area contributed by atoms with E-state index in [4.69, 9.17) is 0 Å². The summed E-state index contributed by atoms with van der Waals surface area (Å²) in [6, 6.07) is 7.42. The number of fused-ring (bicyclic) bond motifs is 1. The Bertz CT molecular complexity index is 507. The van der Waals surface area contributed by atoms with E-state index in [0.717, 1.165) is 15.6 Å². The molecule has 72 valence electrons. The molecule has 1 aromatic heterocycles. The van der Waals surface area contributed by atoms with Crippen LogP contribution in [0.1, 0.15) is 6.92 Å². The molecule has 0 unspecified atom stereocenters. The van der Waals surface area contributed by atoms with Gasteiger partial charge >= 0.3 is 87.4 Å². The van der Waals surface area contributed by atoms with Gasteiger partial charge in [-0.05, 0) is 0 Å². The van der Waals surface area contributed by atoms with Crippen LogP contribution in [0.15, 0.2) is 29.1 Å². The fourth-order valence-corrected chi connectivity index (χ4v) is 2.53. The van der Waals surface area contributed by atoms with Crippen LogP contribution < -0.4 is 10.3 Å². The normalized spacial score (nSPS) is 10.6. The van der Waals surface area contributed by atoms with Gasteiger partial charge in [-0.25, -0.2) is 0 Å². The molecule has 4 heteroatoms. The Balaban J connectivity index is 2.66. The number of nitrogens with one attached hydrogen (secondary N) is 1. The number of hydrogen-bond acceptors (Lipinski definition) is 2. The fourth-order valence-electron chi connectivity index (χ4n) is 1.27. The van der Waals surface area contributed by atoms with Crippen molar-refractivity contribution >= 4 is 30.6 Å². The maximum atomic E-state index is 11.6. The standard InChI is InChI=1S/C10H10N2OSe/c1-2-14-10-11-8-6-4-3-5-7(8)9(13)12-10/h3-6H,2H2,1H3,(H,11,12,13). The van der Waals surface area contributed by atoms with E-state index in [1.54, 1.807) is 6.07 Å². The van der Waals surface area contributed by atoms with E-state index in [0.29, 0.717) is 5.39 Å². The van der Waals surface area contributed by atoms with Crippen molar-refractivity contribution in [1.29, 1.82) is 0 Å². The summed E-state index contributed by atoms with van der Waals surface area (Å²) in [5.41, 5.74) is 0.766. The van der Waals surface area contributed by atoms with Gasteiger partial charge in [0.1, 0.15) is 0 Å². The molecule has 1 aromatic carbocycles. The van der Waals surface area contributed by atoms with E-state index in [9.17, 15) is 4.79 Å². The molecule has 0 fully saturated rings. The van der Waals surface area contributed by atoms with Crippen molar-refractivity contribution in [3.8, 4) is 0 Å². The van der Waals surface area contributed by atoms with Crippen LogP contribution in [-0.4, -0.2) is 24.9 Å². The van der Waals surface area contributed by atoms with Gasteiger partial charge < -0.3 is 0 Å². The summed E-state index contributed by atoms with van der Waals surface area (Å²) in [7, 11) is 0. The summed E-state index contributed by atoms with van der Waals surface area (Å²) in [5.74, 6) is 0. The van der Waals surface area contributed by atoms with Crippen molar-refractivity contribution in [3.05, 3.63) is 34.6 Å². The third kappa shape index (κ3) is 1.72. The van der Waals surface area contributed by atoms with Crippen molar-refractivity contribution in [2.24, 2.45) is 0 Å².